The number of benzene rings is 1. The van der Waals surface area contributed by atoms with Crippen molar-refractivity contribution in [2.24, 2.45) is 4.99 Å². The first kappa shape index (κ1) is 12.2. The Morgan fingerprint density at radius 3 is 3.06 bits per heavy atom. The van der Waals surface area contributed by atoms with E-state index in [-0.39, 0.29) is 5.82 Å². The van der Waals surface area contributed by atoms with Crippen LogP contribution in [0, 0.1) is 5.82 Å². The molecule has 0 fully saturated rings. The van der Waals surface area contributed by atoms with Crippen molar-refractivity contribution in [2.45, 2.75) is 12.8 Å². The topological polar surface area (TPSA) is 36.4 Å². The summed E-state index contributed by atoms with van der Waals surface area (Å²) < 4.78 is 13.5. The molecule has 0 bridgehead atoms. The molecule has 0 aliphatic carbocycles. The molecule has 0 saturated carbocycles. The quantitative estimate of drug-likeness (QED) is 0.866. The first-order valence-corrected chi connectivity index (χ1v) is 6.10. The minimum atomic E-state index is -0.252. The standard InChI is InChI=1S/C12H15ClFN3/c13-10-3-1-4-11(14)9(10)5-8-17-12-15-6-2-7-16-12/h1,3-4H,2,5-8H2,(H2,15,16,17). The fraction of sp³-hybridized carbons (Fsp3) is 0.417. The predicted octanol–water partition coefficient (Wildman–Crippen LogP) is 1.96. The predicted molar refractivity (Wildman–Crippen MR) is 68.0 cm³/mol. The van der Waals surface area contributed by atoms with Gasteiger partial charge in [0, 0.05) is 30.2 Å². The summed E-state index contributed by atoms with van der Waals surface area (Å²) in [6.45, 7) is 2.40. The van der Waals surface area contributed by atoms with E-state index in [0.29, 0.717) is 23.6 Å². The maximum atomic E-state index is 13.5. The largest absolute Gasteiger partial charge is 0.356 e. The van der Waals surface area contributed by atoms with Gasteiger partial charge in [-0.15, -0.1) is 0 Å². The van der Waals surface area contributed by atoms with Crippen LogP contribution in [0.3, 0.4) is 0 Å². The molecule has 5 heteroatoms. The zero-order chi connectivity index (χ0) is 12.1. The lowest BCUT2D eigenvalue weighted by Crippen LogP contribution is -2.41. The summed E-state index contributed by atoms with van der Waals surface area (Å²) in [6, 6.07) is 4.75. The lowest BCUT2D eigenvalue weighted by atomic mass is 10.1. The molecular formula is C12H15ClFN3. The Bertz CT molecular complexity index is 400. The molecule has 0 aromatic heterocycles. The molecule has 17 heavy (non-hydrogen) atoms. The number of nitrogens with one attached hydrogen (secondary N) is 2. The average Bonchev–Trinajstić information content (AvgIpc) is 2.34. The normalized spacial score (nSPS) is 15.1. The second kappa shape index (κ2) is 5.87. The molecule has 2 N–H and O–H groups in total. The SMILES string of the molecule is Fc1cccc(Cl)c1CCNC1=NCCCN1. The van der Waals surface area contributed by atoms with Gasteiger partial charge in [-0.25, -0.2) is 4.39 Å². The Kier molecular flexibility index (Phi) is 4.20. The monoisotopic (exact) mass is 255 g/mol. The molecule has 1 aromatic carbocycles. The molecule has 1 aliphatic heterocycles. The molecule has 1 aromatic rings. The zero-order valence-corrected chi connectivity index (χ0v) is 10.2. The van der Waals surface area contributed by atoms with E-state index in [1.54, 1.807) is 12.1 Å². The third kappa shape index (κ3) is 3.33. The van der Waals surface area contributed by atoms with E-state index in [1.165, 1.54) is 6.07 Å². The summed E-state index contributed by atoms with van der Waals surface area (Å²) in [5.74, 6) is 0.543. The summed E-state index contributed by atoms with van der Waals surface area (Å²) in [6.07, 6.45) is 1.61. The van der Waals surface area contributed by atoms with Crippen LogP contribution in [0.5, 0.6) is 0 Å². The smallest absolute Gasteiger partial charge is 0.191 e. The number of hydrogen-bond donors (Lipinski definition) is 2. The summed E-state index contributed by atoms with van der Waals surface area (Å²) in [5, 5.41) is 6.76. The number of rotatable bonds is 3. The lowest BCUT2D eigenvalue weighted by molar-refractivity contribution is 0.606. The van der Waals surface area contributed by atoms with E-state index in [1.807, 2.05) is 0 Å². The van der Waals surface area contributed by atoms with Crippen LogP contribution >= 0.6 is 11.6 Å². The second-order valence-electron chi connectivity index (χ2n) is 3.89. The fourth-order valence-electron chi connectivity index (χ4n) is 1.73. The van der Waals surface area contributed by atoms with Crippen LogP contribution in [0.15, 0.2) is 23.2 Å². The lowest BCUT2D eigenvalue weighted by Gasteiger charge is -2.16. The Labute approximate surface area is 105 Å². The van der Waals surface area contributed by atoms with Gasteiger partial charge in [0.05, 0.1) is 0 Å². The van der Waals surface area contributed by atoms with E-state index in [0.717, 1.165) is 25.5 Å². The Morgan fingerprint density at radius 2 is 2.35 bits per heavy atom. The summed E-state index contributed by atoms with van der Waals surface area (Å²) in [7, 11) is 0. The minimum Gasteiger partial charge on any atom is -0.356 e. The van der Waals surface area contributed by atoms with Crippen LogP contribution in [0.4, 0.5) is 4.39 Å². The highest BCUT2D eigenvalue weighted by atomic mass is 35.5. The van der Waals surface area contributed by atoms with E-state index in [9.17, 15) is 4.39 Å². The van der Waals surface area contributed by atoms with Crippen LogP contribution < -0.4 is 10.6 Å². The number of hydrogen-bond acceptors (Lipinski definition) is 3. The van der Waals surface area contributed by atoms with Gasteiger partial charge in [0.25, 0.3) is 0 Å². The molecule has 1 aliphatic rings. The van der Waals surface area contributed by atoms with Crippen molar-refractivity contribution in [3.63, 3.8) is 0 Å². The Balaban J connectivity index is 1.87. The summed E-state index contributed by atoms with van der Waals surface area (Å²) in [4.78, 5) is 4.27. The molecule has 0 atom stereocenters. The molecule has 3 nitrogen and oxygen atoms in total. The van der Waals surface area contributed by atoms with Crippen molar-refractivity contribution in [2.75, 3.05) is 19.6 Å². The van der Waals surface area contributed by atoms with Gasteiger partial charge in [0.1, 0.15) is 5.82 Å². The van der Waals surface area contributed by atoms with E-state index in [2.05, 4.69) is 15.6 Å². The number of guanidine groups is 1. The molecule has 1 heterocycles. The van der Waals surface area contributed by atoms with Crippen molar-refractivity contribution >= 4 is 17.6 Å². The first-order valence-electron chi connectivity index (χ1n) is 5.72. The highest BCUT2D eigenvalue weighted by molar-refractivity contribution is 6.31. The maximum absolute atomic E-state index is 13.5. The van der Waals surface area contributed by atoms with Crippen LogP contribution in [0.1, 0.15) is 12.0 Å². The minimum absolute atomic E-state index is 0.252. The van der Waals surface area contributed by atoms with E-state index in [4.69, 9.17) is 11.6 Å². The number of aliphatic imine (C=N–C) groups is 1. The van der Waals surface area contributed by atoms with Gasteiger partial charge < -0.3 is 10.6 Å². The Hall–Kier alpha value is -1.29. The molecule has 92 valence electrons. The molecule has 0 spiro atoms. The molecule has 0 unspecified atom stereocenters. The van der Waals surface area contributed by atoms with Gasteiger partial charge in [-0.1, -0.05) is 17.7 Å². The van der Waals surface area contributed by atoms with Crippen LogP contribution in [0.25, 0.3) is 0 Å². The van der Waals surface area contributed by atoms with Crippen LogP contribution in [-0.2, 0) is 6.42 Å². The van der Waals surface area contributed by atoms with Crippen LogP contribution in [0.2, 0.25) is 5.02 Å². The summed E-state index contributed by atoms with van der Waals surface area (Å²) >= 11 is 5.94. The molecule has 0 amide bonds. The van der Waals surface area contributed by atoms with Crippen molar-refractivity contribution in [1.29, 1.82) is 0 Å². The molecule has 0 saturated heterocycles. The van der Waals surface area contributed by atoms with Gasteiger partial charge in [0.2, 0.25) is 0 Å². The first-order chi connectivity index (χ1) is 8.27. The van der Waals surface area contributed by atoms with Gasteiger partial charge in [0.15, 0.2) is 5.96 Å². The van der Waals surface area contributed by atoms with Crippen molar-refractivity contribution in [1.82, 2.24) is 10.6 Å². The molecule has 0 radical (unpaired) electrons. The molecule has 2 rings (SSSR count). The Morgan fingerprint density at radius 1 is 1.47 bits per heavy atom. The number of nitrogens with zero attached hydrogens (tertiary/aromatic N) is 1. The van der Waals surface area contributed by atoms with Crippen molar-refractivity contribution < 1.29 is 4.39 Å². The molecular weight excluding hydrogens is 241 g/mol. The third-order valence-electron chi connectivity index (χ3n) is 2.63. The highest BCUT2D eigenvalue weighted by Crippen LogP contribution is 2.18. The van der Waals surface area contributed by atoms with Gasteiger partial charge in [-0.05, 0) is 25.0 Å². The van der Waals surface area contributed by atoms with Gasteiger partial charge in [-0.2, -0.15) is 0 Å². The average molecular weight is 256 g/mol. The van der Waals surface area contributed by atoms with E-state index < -0.39 is 0 Å². The van der Waals surface area contributed by atoms with Gasteiger partial charge >= 0.3 is 0 Å². The summed E-state index contributed by atoms with van der Waals surface area (Å²) in [5.41, 5.74) is 0.554. The van der Waals surface area contributed by atoms with Crippen molar-refractivity contribution in [3.05, 3.63) is 34.6 Å². The van der Waals surface area contributed by atoms with Crippen LogP contribution in [-0.4, -0.2) is 25.6 Å². The van der Waals surface area contributed by atoms with E-state index >= 15 is 0 Å². The maximum Gasteiger partial charge on any atom is 0.191 e. The van der Waals surface area contributed by atoms with Crippen molar-refractivity contribution in [3.8, 4) is 0 Å². The highest BCUT2D eigenvalue weighted by Gasteiger charge is 2.07. The zero-order valence-electron chi connectivity index (χ0n) is 9.47. The fourth-order valence-corrected chi connectivity index (χ4v) is 1.99. The number of halogens is 2. The van der Waals surface area contributed by atoms with Gasteiger partial charge in [-0.3, -0.25) is 4.99 Å². The second-order valence-corrected chi connectivity index (χ2v) is 4.29. The third-order valence-corrected chi connectivity index (χ3v) is 2.98.